The Bertz CT molecular complexity index is 5890. The average Bonchev–Trinajstić information content (AvgIpc) is 1.53. The van der Waals surface area contributed by atoms with Crippen LogP contribution in [-0.2, 0) is 18.5 Å². The van der Waals surface area contributed by atoms with Crippen LogP contribution in [0.2, 0.25) is 0 Å². The molecule has 500 valence electrons. The first-order valence-corrected chi connectivity index (χ1v) is 32.7. The highest BCUT2D eigenvalue weighted by atomic mass is 19.4. The zero-order chi connectivity index (χ0) is 71.9. The molecular formula is C86H58F9N7. The van der Waals surface area contributed by atoms with Crippen LogP contribution in [0.5, 0.6) is 0 Å². The van der Waals surface area contributed by atoms with Gasteiger partial charge in [-0.15, -0.1) is 0 Å². The van der Waals surface area contributed by atoms with E-state index >= 15 is 13.2 Å². The molecule has 7 nitrogen and oxygen atoms in total. The third-order valence-corrected chi connectivity index (χ3v) is 19.9. The molecule has 0 aliphatic carbocycles. The number of fused-ring (bicyclic) bond motifs is 12. The van der Waals surface area contributed by atoms with Gasteiger partial charge in [0.05, 0.1) is 80.0 Å². The predicted octanol–water partition coefficient (Wildman–Crippen LogP) is 25.6. The maximum absolute atomic E-state index is 16.1. The molecule has 0 radical (unpaired) electrons. The molecule has 0 aliphatic rings. The van der Waals surface area contributed by atoms with E-state index in [1.54, 1.807) is 69.8 Å². The minimum atomic E-state index is -4.92. The number of aryl methyl sites for hydroxylation is 8. The van der Waals surface area contributed by atoms with E-state index in [1.807, 2.05) is 100 Å². The van der Waals surface area contributed by atoms with Gasteiger partial charge in [-0.05, 0) is 231 Å². The summed E-state index contributed by atoms with van der Waals surface area (Å²) in [5.41, 5.74) is 11.8. The average molecular weight is 1360 g/mol. The van der Waals surface area contributed by atoms with Crippen molar-refractivity contribution >= 4 is 98.6 Å². The van der Waals surface area contributed by atoms with Crippen LogP contribution in [0.1, 0.15) is 66.8 Å². The molecule has 16 rings (SSSR count). The Kier molecular flexibility index (Phi) is 15.4. The fraction of sp³-hybridized carbons (Fsp3) is 0.128. The largest absolute Gasteiger partial charge is 0.420 e. The quantitative estimate of drug-likeness (QED) is 0.121. The highest BCUT2D eigenvalue weighted by Gasteiger charge is 2.41. The summed E-state index contributed by atoms with van der Waals surface area (Å²) in [5.74, 6) is 0. The van der Waals surface area contributed by atoms with Gasteiger partial charge in [0.2, 0.25) is 0 Å². The first-order chi connectivity index (χ1) is 48.7. The Morgan fingerprint density at radius 2 is 0.510 bits per heavy atom. The molecular weight excluding hydrogens is 1300 g/mol. The van der Waals surface area contributed by atoms with E-state index in [2.05, 4.69) is 76.9 Å². The molecule has 4 heterocycles. The summed E-state index contributed by atoms with van der Waals surface area (Å²) in [6.07, 6.45) is -14.4. The molecule has 0 saturated carbocycles. The van der Waals surface area contributed by atoms with Crippen LogP contribution in [0.3, 0.4) is 0 Å². The Morgan fingerprint density at radius 3 is 0.716 bits per heavy atom. The second-order valence-electron chi connectivity index (χ2n) is 26.2. The van der Waals surface area contributed by atoms with Crippen molar-refractivity contribution in [1.29, 1.82) is 5.26 Å². The van der Waals surface area contributed by atoms with Crippen LogP contribution in [-0.4, -0.2) is 18.3 Å². The van der Waals surface area contributed by atoms with Gasteiger partial charge < -0.3 is 18.3 Å². The van der Waals surface area contributed by atoms with Crippen LogP contribution >= 0.6 is 0 Å². The Labute approximate surface area is 579 Å². The minimum absolute atomic E-state index is 0.0293. The van der Waals surface area contributed by atoms with Gasteiger partial charge >= 0.3 is 18.5 Å². The summed E-state index contributed by atoms with van der Waals surface area (Å²) in [4.78, 5) is 6.69. The predicted molar refractivity (Wildman–Crippen MR) is 391 cm³/mol. The van der Waals surface area contributed by atoms with E-state index < -0.39 is 35.2 Å². The van der Waals surface area contributed by atoms with Gasteiger partial charge in [0, 0.05) is 54.2 Å². The fourth-order valence-corrected chi connectivity index (χ4v) is 15.5. The lowest BCUT2D eigenvalue weighted by atomic mass is 9.97. The van der Waals surface area contributed by atoms with E-state index in [4.69, 9.17) is 13.1 Å². The molecule has 0 saturated heterocycles. The molecule has 16 heteroatoms. The zero-order valence-electron chi connectivity index (χ0n) is 56.2. The Morgan fingerprint density at radius 1 is 0.294 bits per heavy atom. The summed E-state index contributed by atoms with van der Waals surface area (Å²) < 4.78 is 141. The topological polar surface area (TPSA) is 52.2 Å². The van der Waals surface area contributed by atoms with E-state index in [9.17, 15) is 31.6 Å². The van der Waals surface area contributed by atoms with Crippen molar-refractivity contribution in [3.63, 3.8) is 0 Å². The van der Waals surface area contributed by atoms with Crippen molar-refractivity contribution in [2.45, 2.75) is 73.9 Å². The third kappa shape index (κ3) is 10.4. The van der Waals surface area contributed by atoms with Crippen LogP contribution in [0.4, 0.5) is 50.9 Å². The van der Waals surface area contributed by atoms with Crippen molar-refractivity contribution < 1.29 is 39.5 Å². The number of halogens is 9. The summed E-state index contributed by atoms with van der Waals surface area (Å²) in [5, 5.41) is 18.5. The summed E-state index contributed by atoms with van der Waals surface area (Å²) in [6.45, 7) is 31.1. The number of benzene rings is 12. The lowest BCUT2D eigenvalue weighted by Crippen LogP contribution is -2.16. The number of rotatable bonds is 6. The highest BCUT2D eigenvalue weighted by Crippen LogP contribution is 2.50. The molecule has 102 heavy (non-hydrogen) atoms. The molecule has 0 N–H and O–H groups in total. The first kappa shape index (κ1) is 65.6. The summed E-state index contributed by atoms with van der Waals surface area (Å²) in [7, 11) is 0. The standard InChI is InChI=1S/C43H29F6N3.C43H29F3N4/c1-23-10-6-14-31-37(23)38-24(2)11-7-15-32(38)51(31)35-20-28(27-18-29(42(44,45)46)22-30(19-27)50-5)21-36(41(35)43(47,48)49)52-33-16-8-12-25(3)39(33)40-26(4)13-9-17-34(40)52;1-24-10-6-14-33-39(24)40-25(2)11-7-15-34(40)49(33)37-20-29(28-18-30(43(44,45)46)22-31(19-28)48-5)21-38(32(37)23-47)50-35-16-8-12-26(3)41(35)42-27(4)13-9-17-36(42)50/h6-22H,1-4H3;6-22H,1-4H3. The molecule has 0 fully saturated rings. The third-order valence-electron chi connectivity index (χ3n) is 19.9. The second-order valence-corrected chi connectivity index (χ2v) is 26.2. The lowest BCUT2D eigenvalue weighted by Gasteiger charge is -2.23. The molecule has 0 atom stereocenters. The maximum atomic E-state index is 16.1. The van der Waals surface area contributed by atoms with E-state index in [0.29, 0.717) is 44.6 Å². The van der Waals surface area contributed by atoms with Gasteiger partial charge in [-0.1, -0.05) is 97.1 Å². The highest BCUT2D eigenvalue weighted by molar-refractivity contribution is 6.16. The van der Waals surface area contributed by atoms with Gasteiger partial charge in [-0.3, -0.25) is 0 Å². The second kappa shape index (κ2) is 24.0. The van der Waals surface area contributed by atoms with Gasteiger partial charge in [-0.25, -0.2) is 9.69 Å². The summed E-state index contributed by atoms with van der Waals surface area (Å²) in [6, 6.07) is 61.2. The molecule has 4 aromatic heterocycles. The zero-order valence-corrected chi connectivity index (χ0v) is 56.2. The van der Waals surface area contributed by atoms with Crippen molar-refractivity contribution in [1.82, 2.24) is 18.3 Å². The number of nitrogens with zero attached hydrogens (tertiary/aromatic N) is 7. The van der Waals surface area contributed by atoms with Crippen LogP contribution in [0.25, 0.3) is 142 Å². The van der Waals surface area contributed by atoms with Gasteiger partial charge in [0.1, 0.15) is 17.2 Å². The number of alkyl halides is 9. The molecule has 0 amide bonds. The molecule has 0 spiro atoms. The van der Waals surface area contributed by atoms with E-state index in [-0.39, 0.29) is 39.4 Å². The Hall–Kier alpha value is -12.3. The molecule has 0 aliphatic heterocycles. The smallest absolute Gasteiger partial charge is 0.309 e. The lowest BCUT2D eigenvalue weighted by molar-refractivity contribution is -0.138. The van der Waals surface area contributed by atoms with E-state index in [1.165, 1.54) is 24.3 Å². The van der Waals surface area contributed by atoms with Crippen molar-refractivity contribution in [3.05, 3.63) is 296 Å². The van der Waals surface area contributed by atoms with Gasteiger partial charge in [0.15, 0.2) is 11.4 Å². The monoisotopic (exact) mass is 1360 g/mol. The van der Waals surface area contributed by atoms with Gasteiger partial charge in [0.25, 0.3) is 0 Å². The maximum Gasteiger partial charge on any atom is 0.420 e. The van der Waals surface area contributed by atoms with Crippen molar-refractivity contribution in [3.8, 4) is 51.1 Å². The number of hydrogen-bond acceptors (Lipinski definition) is 1. The molecule has 12 aromatic carbocycles. The number of aromatic nitrogens is 4. The fourth-order valence-electron chi connectivity index (χ4n) is 15.5. The molecule has 0 bridgehead atoms. The summed E-state index contributed by atoms with van der Waals surface area (Å²) >= 11 is 0. The minimum Gasteiger partial charge on any atom is -0.309 e. The molecule has 16 aromatic rings. The van der Waals surface area contributed by atoms with Gasteiger partial charge in [-0.2, -0.15) is 44.8 Å². The molecule has 0 unspecified atom stereocenters. The van der Waals surface area contributed by atoms with Crippen LogP contribution in [0, 0.1) is 79.9 Å². The van der Waals surface area contributed by atoms with Crippen LogP contribution in [0.15, 0.2) is 206 Å². The number of hydrogen-bond donors (Lipinski definition) is 0. The Balaban J connectivity index is 0.000000165. The number of nitriles is 1. The normalized spacial score (nSPS) is 12.1. The van der Waals surface area contributed by atoms with Crippen molar-refractivity contribution in [2.75, 3.05) is 0 Å². The first-order valence-electron chi connectivity index (χ1n) is 32.7. The SMILES string of the molecule is [C-]#[N+]c1cc(-c2cc(-n3c4cccc(C)c4c4c(C)cccc43)c(C#N)c(-n3c4cccc(C)c4c4c(C)cccc43)c2)cc(C(F)(F)F)c1.[C-]#[N+]c1cc(-c2cc(-n3c4cccc(C)c4c4c(C)cccc43)c(C(F)(F)F)c(-n3c4cccc(C)c4c4c(C)cccc43)c2)cc(C(F)(F)F)c1. The van der Waals surface area contributed by atoms with Crippen molar-refractivity contribution in [2.24, 2.45) is 0 Å². The van der Waals surface area contributed by atoms with E-state index in [0.717, 1.165) is 134 Å². The van der Waals surface area contributed by atoms with Crippen LogP contribution < -0.4 is 0 Å².